The Hall–Kier alpha value is -1.87. The van der Waals surface area contributed by atoms with Gasteiger partial charge in [0.2, 0.25) is 5.91 Å². The van der Waals surface area contributed by atoms with Crippen LogP contribution in [-0.2, 0) is 4.79 Å². The molecule has 2 amide bonds. The van der Waals surface area contributed by atoms with Crippen molar-refractivity contribution in [3.05, 3.63) is 16.0 Å². The molecule has 0 saturated heterocycles. The van der Waals surface area contributed by atoms with E-state index in [2.05, 4.69) is 11.4 Å². The monoisotopic (exact) mass is 333 g/mol. The molecule has 1 aromatic rings. The van der Waals surface area contributed by atoms with E-state index in [4.69, 9.17) is 0 Å². The van der Waals surface area contributed by atoms with Crippen molar-refractivity contribution in [2.45, 2.75) is 46.5 Å². The number of carbonyl (C=O) groups is 2. The van der Waals surface area contributed by atoms with Gasteiger partial charge in [0.15, 0.2) is 0 Å². The van der Waals surface area contributed by atoms with E-state index in [-0.39, 0.29) is 17.7 Å². The number of hydrogen-bond acceptors (Lipinski definition) is 4. The molecule has 0 atom stereocenters. The van der Waals surface area contributed by atoms with Crippen LogP contribution in [0.1, 0.15) is 60.3 Å². The van der Waals surface area contributed by atoms with Gasteiger partial charge in [-0.2, -0.15) is 5.26 Å². The number of hydrogen-bond donors (Lipinski definition) is 1. The molecule has 1 aromatic heterocycles. The van der Waals surface area contributed by atoms with Crippen LogP contribution in [0.25, 0.3) is 0 Å². The van der Waals surface area contributed by atoms with Crippen molar-refractivity contribution in [2.75, 3.05) is 18.4 Å². The van der Waals surface area contributed by atoms with Crippen LogP contribution in [0.2, 0.25) is 0 Å². The van der Waals surface area contributed by atoms with Crippen molar-refractivity contribution in [2.24, 2.45) is 5.92 Å². The van der Waals surface area contributed by atoms with Gasteiger partial charge in [0.25, 0.3) is 5.91 Å². The quantitative estimate of drug-likeness (QED) is 0.895. The van der Waals surface area contributed by atoms with E-state index in [1.165, 1.54) is 11.3 Å². The number of carbonyl (C=O) groups excluding carboxylic acids is 2. The van der Waals surface area contributed by atoms with Crippen LogP contribution < -0.4 is 5.32 Å². The van der Waals surface area contributed by atoms with Crippen LogP contribution in [0, 0.1) is 24.2 Å². The molecule has 2 rings (SSSR count). The van der Waals surface area contributed by atoms with E-state index in [1.807, 2.05) is 13.8 Å². The summed E-state index contributed by atoms with van der Waals surface area (Å²) in [5, 5.41) is 12.8. The number of rotatable bonds is 5. The Morgan fingerprint density at radius 3 is 2.43 bits per heavy atom. The molecular formula is C17H23N3O2S. The normalized spacial score (nSPS) is 14.5. The van der Waals surface area contributed by atoms with Gasteiger partial charge >= 0.3 is 0 Å². The van der Waals surface area contributed by atoms with Crippen LogP contribution in [0.4, 0.5) is 5.00 Å². The third-order valence-corrected chi connectivity index (χ3v) is 5.66. The Labute approximate surface area is 141 Å². The van der Waals surface area contributed by atoms with Crippen molar-refractivity contribution in [1.29, 1.82) is 5.26 Å². The predicted molar refractivity (Wildman–Crippen MR) is 91.6 cm³/mol. The Bertz CT molecular complexity index is 635. The van der Waals surface area contributed by atoms with Gasteiger partial charge in [-0.05, 0) is 39.2 Å². The number of nitrogens with zero attached hydrogens (tertiary/aromatic N) is 2. The average molecular weight is 333 g/mol. The van der Waals surface area contributed by atoms with Gasteiger partial charge in [-0.3, -0.25) is 9.59 Å². The number of anilines is 1. The minimum absolute atomic E-state index is 0.0258. The summed E-state index contributed by atoms with van der Waals surface area (Å²) >= 11 is 1.22. The first-order chi connectivity index (χ1) is 11.0. The third kappa shape index (κ3) is 3.56. The van der Waals surface area contributed by atoms with Gasteiger partial charge in [-0.1, -0.05) is 12.8 Å². The first-order valence-corrected chi connectivity index (χ1v) is 8.98. The Kier molecular flexibility index (Phi) is 5.78. The topological polar surface area (TPSA) is 73.2 Å². The van der Waals surface area contributed by atoms with Crippen LogP contribution in [0.3, 0.4) is 0 Å². The number of thiophene rings is 1. The van der Waals surface area contributed by atoms with Crippen molar-refractivity contribution < 1.29 is 9.59 Å². The summed E-state index contributed by atoms with van der Waals surface area (Å²) in [6.45, 7) is 6.88. The minimum atomic E-state index is -0.0737. The summed E-state index contributed by atoms with van der Waals surface area (Å²) in [7, 11) is 0. The number of nitriles is 1. The molecule has 1 N–H and O–H groups in total. The molecular weight excluding hydrogens is 310 g/mol. The standard InChI is InChI=1S/C17H23N3O2S/c1-4-20(5-2)17(22)14-11(3)13(10-18)16(23-14)19-15(21)12-8-6-7-9-12/h12H,4-9H2,1-3H3,(H,19,21). The fourth-order valence-electron chi connectivity index (χ4n) is 3.00. The van der Waals surface area contributed by atoms with Gasteiger partial charge in [0, 0.05) is 19.0 Å². The van der Waals surface area contributed by atoms with Gasteiger partial charge in [0.05, 0.1) is 10.4 Å². The van der Waals surface area contributed by atoms with Crippen molar-refractivity contribution in [3.8, 4) is 6.07 Å². The summed E-state index contributed by atoms with van der Waals surface area (Å²) in [4.78, 5) is 27.1. The third-order valence-electron chi connectivity index (χ3n) is 4.47. The SMILES string of the molecule is CCN(CC)C(=O)c1sc(NC(=O)C2CCCC2)c(C#N)c1C. The molecule has 0 aliphatic heterocycles. The van der Waals surface area contributed by atoms with Gasteiger partial charge < -0.3 is 10.2 Å². The van der Waals surface area contributed by atoms with Crippen molar-refractivity contribution >= 4 is 28.2 Å². The lowest BCUT2D eigenvalue weighted by atomic mass is 10.1. The zero-order valence-electron chi connectivity index (χ0n) is 13.9. The van der Waals surface area contributed by atoms with Crippen LogP contribution in [0.15, 0.2) is 0 Å². The van der Waals surface area contributed by atoms with E-state index < -0.39 is 0 Å². The fourth-order valence-corrected chi connectivity index (χ4v) is 4.12. The highest BCUT2D eigenvalue weighted by Crippen LogP contribution is 2.35. The van der Waals surface area contributed by atoms with Crippen molar-refractivity contribution in [1.82, 2.24) is 4.90 Å². The van der Waals surface area contributed by atoms with Crippen LogP contribution in [-0.4, -0.2) is 29.8 Å². The summed E-state index contributed by atoms with van der Waals surface area (Å²) in [6, 6.07) is 2.13. The second kappa shape index (κ2) is 7.60. The Balaban J connectivity index is 2.27. The van der Waals surface area contributed by atoms with Crippen molar-refractivity contribution in [3.63, 3.8) is 0 Å². The Morgan fingerprint density at radius 2 is 1.91 bits per heavy atom. The summed E-state index contributed by atoms with van der Waals surface area (Å²) in [6.07, 6.45) is 3.98. The molecule has 6 heteroatoms. The lowest BCUT2D eigenvalue weighted by Gasteiger charge is -2.17. The van der Waals surface area contributed by atoms with Gasteiger partial charge in [-0.25, -0.2) is 0 Å². The molecule has 0 radical (unpaired) electrons. The zero-order chi connectivity index (χ0) is 17.0. The van der Waals surface area contributed by atoms with Crippen LogP contribution >= 0.6 is 11.3 Å². The molecule has 0 spiro atoms. The molecule has 1 saturated carbocycles. The van der Waals surface area contributed by atoms with E-state index in [1.54, 1.807) is 11.8 Å². The number of amides is 2. The molecule has 1 aliphatic carbocycles. The molecule has 0 unspecified atom stereocenters. The molecule has 1 aliphatic rings. The average Bonchev–Trinajstić information content (AvgIpc) is 3.16. The first-order valence-electron chi connectivity index (χ1n) is 8.17. The smallest absolute Gasteiger partial charge is 0.264 e. The van der Waals surface area contributed by atoms with E-state index in [9.17, 15) is 14.9 Å². The summed E-state index contributed by atoms with van der Waals surface area (Å²) in [5.74, 6) is -0.0664. The molecule has 124 valence electrons. The maximum atomic E-state index is 12.6. The van der Waals surface area contributed by atoms with E-state index in [0.29, 0.717) is 34.1 Å². The second-order valence-corrected chi connectivity index (χ2v) is 6.84. The van der Waals surface area contributed by atoms with Crippen LogP contribution in [0.5, 0.6) is 0 Å². The van der Waals surface area contributed by atoms with E-state index >= 15 is 0 Å². The summed E-state index contributed by atoms with van der Waals surface area (Å²) in [5.41, 5.74) is 1.08. The maximum Gasteiger partial charge on any atom is 0.264 e. The van der Waals surface area contributed by atoms with E-state index in [0.717, 1.165) is 25.7 Å². The molecule has 5 nitrogen and oxygen atoms in total. The molecule has 1 fully saturated rings. The Morgan fingerprint density at radius 1 is 1.30 bits per heavy atom. The molecule has 0 bridgehead atoms. The molecule has 0 aromatic carbocycles. The molecule has 1 heterocycles. The lowest BCUT2D eigenvalue weighted by molar-refractivity contribution is -0.119. The first kappa shape index (κ1) is 17.5. The maximum absolute atomic E-state index is 12.6. The second-order valence-electron chi connectivity index (χ2n) is 5.82. The highest BCUT2D eigenvalue weighted by Gasteiger charge is 2.27. The van der Waals surface area contributed by atoms with Gasteiger partial charge in [-0.15, -0.1) is 11.3 Å². The summed E-state index contributed by atoms with van der Waals surface area (Å²) < 4.78 is 0. The largest absolute Gasteiger partial charge is 0.338 e. The fraction of sp³-hybridized carbons (Fsp3) is 0.588. The zero-order valence-corrected chi connectivity index (χ0v) is 14.8. The highest BCUT2D eigenvalue weighted by atomic mass is 32.1. The van der Waals surface area contributed by atoms with Gasteiger partial charge in [0.1, 0.15) is 11.1 Å². The predicted octanol–water partition coefficient (Wildman–Crippen LogP) is 3.54. The molecule has 23 heavy (non-hydrogen) atoms. The lowest BCUT2D eigenvalue weighted by Crippen LogP contribution is -2.30. The number of nitrogens with one attached hydrogen (secondary N) is 1. The highest BCUT2D eigenvalue weighted by molar-refractivity contribution is 7.18. The minimum Gasteiger partial charge on any atom is -0.338 e.